The predicted molar refractivity (Wildman–Crippen MR) is 256 cm³/mol. The van der Waals surface area contributed by atoms with Gasteiger partial charge in [0.1, 0.15) is 0 Å². The molecule has 0 aliphatic rings. The van der Waals surface area contributed by atoms with Crippen LogP contribution in [0, 0.1) is 0 Å². The van der Waals surface area contributed by atoms with E-state index in [1.807, 2.05) is 55.4 Å². The summed E-state index contributed by atoms with van der Waals surface area (Å²) in [7, 11) is 0. The van der Waals surface area contributed by atoms with E-state index in [9.17, 15) is 9.59 Å². The lowest BCUT2D eigenvalue weighted by molar-refractivity contribution is -0.139. The molecule has 18 N–H and O–H groups in total. The Morgan fingerprint density at radius 2 is 0.348 bits per heavy atom. The van der Waals surface area contributed by atoms with Crippen molar-refractivity contribution in [3.05, 3.63) is 0 Å². The van der Waals surface area contributed by atoms with E-state index < -0.39 is 62.3 Å². The van der Waals surface area contributed by atoms with Crippen molar-refractivity contribution in [3.8, 4) is 0 Å². The molecule has 0 rings (SSSR count). The molecule has 0 aliphatic carbocycles. The van der Waals surface area contributed by atoms with Crippen molar-refractivity contribution in [2.24, 2.45) is 0 Å². The summed E-state index contributed by atoms with van der Waals surface area (Å²) < 4.78 is 0. The van der Waals surface area contributed by atoms with Gasteiger partial charge in [-0.1, -0.05) is 107 Å². The van der Waals surface area contributed by atoms with E-state index in [4.69, 9.17) is 91.9 Å². The van der Waals surface area contributed by atoms with Gasteiger partial charge in [0.15, 0.2) is 50.3 Å². The minimum atomic E-state index is -1.10. The van der Waals surface area contributed by atoms with Gasteiger partial charge < -0.3 is 91.9 Å². The lowest BCUT2D eigenvalue weighted by Gasteiger charge is -1.97. The fourth-order valence-corrected chi connectivity index (χ4v) is 3.65. The SMILES string of the molecule is CCCCC(O)O.CCCCC(O)O.CCCCC(O)O.CCCCC(O)O.CCCCC(O)O.CCCCC(O)O.CCCCC(O)O.CCCCC(O)O.O=C(O)CCCCC(=O)O. The fourth-order valence-electron chi connectivity index (χ4n) is 3.65. The number of aliphatic hydroxyl groups is 16. The van der Waals surface area contributed by atoms with Crippen molar-refractivity contribution < 1.29 is 102 Å². The highest BCUT2D eigenvalue weighted by molar-refractivity contribution is 5.67. The van der Waals surface area contributed by atoms with E-state index in [0.29, 0.717) is 64.2 Å². The first-order valence-electron chi connectivity index (χ1n) is 24.1. The molecule has 0 saturated heterocycles. The Bertz CT molecular complexity index is 642. The molecule has 0 aromatic carbocycles. The van der Waals surface area contributed by atoms with Crippen molar-refractivity contribution in [3.63, 3.8) is 0 Å². The Morgan fingerprint density at radius 3 is 0.394 bits per heavy atom. The zero-order valence-corrected chi connectivity index (χ0v) is 42.3. The zero-order chi connectivity index (χ0) is 53.6. The van der Waals surface area contributed by atoms with Gasteiger partial charge in [-0.05, 0) is 116 Å². The van der Waals surface area contributed by atoms with Crippen molar-refractivity contribution in [1.82, 2.24) is 0 Å². The number of hydrogen-bond donors (Lipinski definition) is 18. The number of aliphatic carboxylic acids is 2. The maximum Gasteiger partial charge on any atom is 0.303 e. The minimum absolute atomic E-state index is 0.0628. The van der Waals surface area contributed by atoms with Gasteiger partial charge in [0, 0.05) is 12.8 Å². The Morgan fingerprint density at radius 1 is 0.242 bits per heavy atom. The third-order valence-corrected chi connectivity index (χ3v) is 7.56. The summed E-state index contributed by atoms with van der Waals surface area (Å²) in [6.45, 7) is 16.1. The Hall–Kier alpha value is -1.70. The van der Waals surface area contributed by atoms with Crippen LogP contribution in [0.3, 0.4) is 0 Å². The van der Waals surface area contributed by atoms with E-state index >= 15 is 0 Å². The smallest absolute Gasteiger partial charge is 0.303 e. The fraction of sp³-hybridized carbons (Fsp3) is 0.957. The van der Waals surface area contributed by atoms with Crippen LogP contribution in [0.4, 0.5) is 0 Å². The van der Waals surface area contributed by atoms with E-state index in [2.05, 4.69) is 0 Å². The summed E-state index contributed by atoms with van der Waals surface area (Å²) in [5.41, 5.74) is 0. The number of hydrogen-bond acceptors (Lipinski definition) is 18. The molecule has 0 bridgehead atoms. The number of rotatable bonds is 29. The van der Waals surface area contributed by atoms with Gasteiger partial charge in [-0.25, -0.2) is 0 Å². The first kappa shape index (κ1) is 84.2. The topological polar surface area (TPSA) is 398 Å². The number of carbonyl (C=O) groups is 2. The van der Waals surface area contributed by atoms with Gasteiger partial charge in [-0.15, -0.1) is 0 Å². The van der Waals surface area contributed by atoms with Gasteiger partial charge in [0.05, 0.1) is 0 Å². The van der Waals surface area contributed by atoms with E-state index in [1.54, 1.807) is 0 Å². The second kappa shape index (κ2) is 77.5. The highest BCUT2D eigenvalue weighted by Gasteiger charge is 2.00. The second-order valence-corrected chi connectivity index (χ2v) is 15.0. The molecule has 0 aliphatic heterocycles. The normalized spacial score (nSPS) is 10.1. The van der Waals surface area contributed by atoms with Crippen molar-refractivity contribution in [2.75, 3.05) is 0 Å². The Labute approximate surface area is 398 Å². The Balaban J connectivity index is -0.0000000793. The lowest BCUT2D eigenvalue weighted by atomic mass is 10.2. The third kappa shape index (κ3) is 168. The van der Waals surface area contributed by atoms with Crippen LogP contribution >= 0.6 is 0 Å². The summed E-state index contributed by atoms with van der Waals surface area (Å²) in [5, 5.41) is 148. The summed E-state index contributed by atoms with van der Waals surface area (Å²) in [6.07, 6.45) is 11.7. The van der Waals surface area contributed by atoms with Crippen LogP contribution in [-0.2, 0) is 9.59 Å². The average molecular weight is 979 g/mol. The first-order chi connectivity index (χ1) is 30.8. The van der Waals surface area contributed by atoms with Crippen LogP contribution in [0.1, 0.15) is 235 Å². The van der Waals surface area contributed by atoms with Crippen LogP contribution in [0.5, 0.6) is 0 Å². The lowest BCUT2D eigenvalue weighted by Crippen LogP contribution is -2.02. The highest BCUT2D eigenvalue weighted by Crippen LogP contribution is 2.01. The summed E-state index contributed by atoms with van der Waals surface area (Å²) >= 11 is 0. The van der Waals surface area contributed by atoms with Crippen LogP contribution in [0.2, 0.25) is 0 Å². The largest absolute Gasteiger partial charge is 0.481 e. The molecule has 410 valence electrons. The van der Waals surface area contributed by atoms with Crippen LogP contribution in [0.15, 0.2) is 0 Å². The molecule has 0 radical (unpaired) electrons. The van der Waals surface area contributed by atoms with E-state index in [-0.39, 0.29) is 12.8 Å². The molecular formula is C46H106O20. The molecule has 0 saturated carbocycles. The van der Waals surface area contributed by atoms with Gasteiger partial charge in [-0.3, -0.25) is 9.59 Å². The standard InChI is InChI=1S/C6H10O4.8C5H12O2/c7-5(8)3-1-2-4-6(9)10;8*1-2-3-4-5(6)7/h1-4H2,(H,7,8)(H,9,10);8*5-7H,2-4H2,1H3. The summed E-state index contributed by atoms with van der Waals surface area (Å²) in [4.78, 5) is 19.8. The monoisotopic (exact) mass is 979 g/mol. The predicted octanol–water partition coefficient (Wildman–Crippen LogP) is 4.61. The summed E-state index contributed by atoms with van der Waals surface area (Å²) in [5.74, 6) is -1.74. The van der Waals surface area contributed by atoms with Gasteiger partial charge in [-0.2, -0.15) is 0 Å². The third-order valence-electron chi connectivity index (χ3n) is 7.56. The first-order valence-corrected chi connectivity index (χ1v) is 24.1. The van der Waals surface area contributed by atoms with Crippen LogP contribution in [-0.4, -0.2) is 154 Å². The molecule has 20 nitrogen and oxygen atoms in total. The molecule has 0 fully saturated rings. The number of unbranched alkanes of at least 4 members (excludes halogenated alkanes) is 9. The Kier molecular flexibility index (Phi) is 98.9. The molecule has 66 heavy (non-hydrogen) atoms. The molecule has 0 aromatic rings. The maximum absolute atomic E-state index is 9.90. The molecular weight excluding hydrogens is 872 g/mol. The molecule has 0 unspecified atom stereocenters. The highest BCUT2D eigenvalue weighted by atomic mass is 16.5. The van der Waals surface area contributed by atoms with Crippen LogP contribution in [0.25, 0.3) is 0 Å². The van der Waals surface area contributed by atoms with Crippen LogP contribution < -0.4 is 0 Å². The van der Waals surface area contributed by atoms with Gasteiger partial charge in [0.25, 0.3) is 0 Å². The van der Waals surface area contributed by atoms with Crippen molar-refractivity contribution in [1.29, 1.82) is 0 Å². The molecule has 0 spiro atoms. The van der Waals surface area contributed by atoms with Gasteiger partial charge in [0.2, 0.25) is 0 Å². The molecule has 0 atom stereocenters. The summed E-state index contributed by atoms with van der Waals surface area (Å²) in [6, 6.07) is 0. The minimum Gasteiger partial charge on any atom is -0.481 e. The van der Waals surface area contributed by atoms with Crippen molar-refractivity contribution >= 4 is 11.9 Å². The number of carboxylic acid groups (broad SMARTS) is 2. The average Bonchev–Trinajstić information content (AvgIpc) is 3.23. The number of aliphatic hydroxyl groups excluding tert-OH is 8. The number of carboxylic acids is 2. The van der Waals surface area contributed by atoms with Gasteiger partial charge >= 0.3 is 11.9 Å². The second-order valence-electron chi connectivity index (χ2n) is 15.0. The van der Waals surface area contributed by atoms with E-state index in [1.165, 1.54) is 0 Å². The zero-order valence-electron chi connectivity index (χ0n) is 42.3. The molecule has 0 aromatic heterocycles. The molecule has 0 amide bonds. The molecule has 20 heteroatoms. The maximum atomic E-state index is 9.90. The van der Waals surface area contributed by atoms with Crippen molar-refractivity contribution in [2.45, 2.75) is 285 Å². The van der Waals surface area contributed by atoms with E-state index in [0.717, 1.165) is 103 Å². The molecule has 0 heterocycles. The quantitative estimate of drug-likeness (QED) is 0.0359.